The van der Waals surface area contributed by atoms with Crippen molar-refractivity contribution in [2.75, 3.05) is 26.2 Å². The third kappa shape index (κ3) is 4.23. The molecule has 9 nitrogen and oxygen atoms in total. The lowest BCUT2D eigenvalue weighted by Gasteiger charge is -2.24. The molecule has 1 aromatic heterocycles. The van der Waals surface area contributed by atoms with E-state index in [0.717, 1.165) is 4.70 Å². The average Bonchev–Trinajstić information content (AvgIpc) is 3.47. The number of aromatic hydroxyl groups is 1. The molecule has 1 aliphatic rings. The fourth-order valence-electron chi connectivity index (χ4n) is 4.30. The summed E-state index contributed by atoms with van der Waals surface area (Å²) >= 11 is 4.52. The first-order chi connectivity index (χ1) is 18.3. The van der Waals surface area contributed by atoms with Crippen molar-refractivity contribution >= 4 is 60.1 Å². The number of phenols is 1. The Morgan fingerprint density at radius 3 is 2.45 bits per heavy atom. The van der Waals surface area contributed by atoms with Crippen LogP contribution in [-0.2, 0) is 9.59 Å². The van der Waals surface area contributed by atoms with Crippen LogP contribution in [0.4, 0.5) is 5.13 Å². The van der Waals surface area contributed by atoms with Gasteiger partial charge in [-0.05, 0) is 64.0 Å². The number of anilines is 1. The molecule has 2 N–H and O–H groups in total. The van der Waals surface area contributed by atoms with Gasteiger partial charge in [0.25, 0.3) is 5.78 Å². The molecule has 0 saturated carbocycles. The number of aliphatic hydroxyl groups is 1. The number of fused-ring (bicyclic) bond motifs is 1. The Hall–Kier alpha value is -4.09. The third-order valence-electron chi connectivity index (χ3n) is 6.16. The van der Waals surface area contributed by atoms with Crippen LogP contribution in [0.2, 0.25) is 0 Å². The van der Waals surface area contributed by atoms with E-state index >= 15 is 0 Å². The molecule has 11 heteroatoms. The molecular formula is C27H21BrN2O7S. The molecule has 1 unspecified atom stereocenters. The molecule has 0 aliphatic carbocycles. The average molecular weight is 597 g/mol. The number of carbonyl (C=O) groups is 2. The van der Waals surface area contributed by atoms with E-state index in [0.29, 0.717) is 28.1 Å². The number of hydrogen-bond donors (Lipinski definition) is 2. The molecule has 0 spiro atoms. The number of aliphatic hydroxyl groups excluding tert-OH is 1. The molecule has 194 valence electrons. The van der Waals surface area contributed by atoms with E-state index < -0.39 is 17.7 Å². The van der Waals surface area contributed by atoms with Crippen LogP contribution in [0.15, 0.2) is 64.6 Å². The first-order valence-electron chi connectivity index (χ1n) is 11.2. The third-order valence-corrected chi connectivity index (χ3v) is 7.79. The van der Waals surface area contributed by atoms with Gasteiger partial charge in [-0.2, -0.15) is 0 Å². The van der Waals surface area contributed by atoms with Gasteiger partial charge in [-0.3, -0.25) is 14.5 Å². The lowest BCUT2D eigenvalue weighted by atomic mass is 9.95. The maximum Gasteiger partial charge on any atom is 0.301 e. The zero-order chi connectivity index (χ0) is 27.1. The molecule has 5 rings (SSSR count). The van der Waals surface area contributed by atoms with Crippen LogP contribution in [0.5, 0.6) is 23.0 Å². The summed E-state index contributed by atoms with van der Waals surface area (Å²) < 4.78 is 16.9. The van der Waals surface area contributed by atoms with Crippen molar-refractivity contribution in [1.82, 2.24) is 4.98 Å². The van der Waals surface area contributed by atoms with Gasteiger partial charge in [0.1, 0.15) is 17.3 Å². The second-order valence-corrected chi connectivity index (χ2v) is 10.1. The van der Waals surface area contributed by atoms with Crippen LogP contribution in [0.25, 0.3) is 16.0 Å². The predicted molar refractivity (Wildman–Crippen MR) is 146 cm³/mol. The molecule has 2 heterocycles. The number of rotatable bonds is 6. The standard InChI is InChI=1S/C27H21BrN2O7S/c1-35-15-6-4-5-13(9-15)23(31)21-22(14-10-17(28)24(32)19(11-14)37-3)30(26(34)25(21)33)27-29-18-8-7-16(36-2)12-20(18)38-27/h4-12,22,31-32H,1-3H3. The summed E-state index contributed by atoms with van der Waals surface area (Å²) in [6.45, 7) is 0. The fourth-order valence-corrected chi connectivity index (χ4v) is 5.78. The number of hydrogen-bond acceptors (Lipinski definition) is 9. The summed E-state index contributed by atoms with van der Waals surface area (Å²) in [5.41, 5.74) is 1.18. The summed E-state index contributed by atoms with van der Waals surface area (Å²) in [6.07, 6.45) is 0. The zero-order valence-corrected chi connectivity index (χ0v) is 22.8. The van der Waals surface area contributed by atoms with E-state index in [1.165, 1.54) is 36.5 Å². The predicted octanol–water partition coefficient (Wildman–Crippen LogP) is 5.42. The number of aromatic nitrogens is 1. The van der Waals surface area contributed by atoms with Crippen LogP contribution >= 0.6 is 27.3 Å². The van der Waals surface area contributed by atoms with E-state index in [1.807, 2.05) is 0 Å². The number of nitrogens with zero attached hydrogens (tertiary/aromatic N) is 2. The molecule has 38 heavy (non-hydrogen) atoms. The number of phenolic OH excluding ortho intramolecular Hbond substituents is 1. The Kier molecular flexibility index (Phi) is 6.72. The van der Waals surface area contributed by atoms with Gasteiger partial charge in [0.15, 0.2) is 16.6 Å². The van der Waals surface area contributed by atoms with E-state index in [1.54, 1.807) is 55.6 Å². The Bertz CT molecular complexity index is 1630. The van der Waals surface area contributed by atoms with Crippen molar-refractivity contribution < 1.29 is 34.0 Å². The zero-order valence-electron chi connectivity index (χ0n) is 20.4. The second kappa shape index (κ2) is 9.99. The minimum absolute atomic E-state index is 0.121. The van der Waals surface area contributed by atoms with Gasteiger partial charge >= 0.3 is 5.91 Å². The highest BCUT2D eigenvalue weighted by Crippen LogP contribution is 2.47. The highest BCUT2D eigenvalue weighted by Gasteiger charge is 2.48. The summed E-state index contributed by atoms with van der Waals surface area (Å²) in [4.78, 5) is 32.9. The molecule has 1 fully saturated rings. The topological polar surface area (TPSA) is 118 Å². The summed E-state index contributed by atoms with van der Waals surface area (Å²) in [6, 6.07) is 13.8. The van der Waals surface area contributed by atoms with Crippen molar-refractivity contribution in [3.05, 3.63) is 75.8 Å². The highest BCUT2D eigenvalue weighted by molar-refractivity contribution is 9.10. The normalized spacial score (nSPS) is 16.7. The fraction of sp³-hybridized carbons (Fsp3) is 0.148. The summed E-state index contributed by atoms with van der Waals surface area (Å²) in [5.74, 6) is -1.04. The Morgan fingerprint density at radius 2 is 1.74 bits per heavy atom. The van der Waals surface area contributed by atoms with Crippen molar-refractivity contribution in [2.24, 2.45) is 0 Å². The number of carbonyl (C=O) groups excluding carboxylic acids is 2. The van der Waals surface area contributed by atoms with Crippen molar-refractivity contribution in [1.29, 1.82) is 0 Å². The molecule has 1 amide bonds. The molecular weight excluding hydrogens is 576 g/mol. The van der Waals surface area contributed by atoms with Gasteiger partial charge in [-0.25, -0.2) is 4.98 Å². The number of thiazole rings is 1. The second-order valence-electron chi connectivity index (χ2n) is 8.28. The number of ether oxygens (including phenoxy) is 3. The molecule has 1 atom stereocenters. The van der Waals surface area contributed by atoms with Crippen LogP contribution < -0.4 is 19.1 Å². The van der Waals surface area contributed by atoms with Crippen molar-refractivity contribution in [3.63, 3.8) is 0 Å². The lowest BCUT2D eigenvalue weighted by Crippen LogP contribution is -2.29. The van der Waals surface area contributed by atoms with Gasteiger partial charge in [0.05, 0.1) is 47.6 Å². The van der Waals surface area contributed by atoms with Gasteiger partial charge in [-0.1, -0.05) is 23.5 Å². The number of ketones is 1. The van der Waals surface area contributed by atoms with Gasteiger partial charge in [0, 0.05) is 5.56 Å². The minimum atomic E-state index is -1.07. The molecule has 1 aliphatic heterocycles. The molecule has 1 saturated heterocycles. The van der Waals surface area contributed by atoms with Crippen LogP contribution in [0.3, 0.4) is 0 Å². The smallest absolute Gasteiger partial charge is 0.301 e. The quantitative estimate of drug-likeness (QED) is 0.172. The molecule has 3 aromatic carbocycles. The van der Waals surface area contributed by atoms with Gasteiger partial charge in [0.2, 0.25) is 0 Å². The number of methoxy groups -OCH3 is 3. The van der Waals surface area contributed by atoms with Crippen molar-refractivity contribution in [2.45, 2.75) is 6.04 Å². The minimum Gasteiger partial charge on any atom is -0.507 e. The van der Waals surface area contributed by atoms with Crippen LogP contribution in [0, 0.1) is 0 Å². The van der Waals surface area contributed by atoms with Crippen LogP contribution in [0.1, 0.15) is 17.2 Å². The van der Waals surface area contributed by atoms with E-state index in [9.17, 15) is 19.8 Å². The number of amides is 1. The van der Waals surface area contributed by atoms with Gasteiger partial charge < -0.3 is 24.4 Å². The number of benzene rings is 3. The van der Waals surface area contributed by atoms with E-state index in [4.69, 9.17) is 14.2 Å². The summed E-state index contributed by atoms with van der Waals surface area (Å²) in [5, 5.41) is 22.0. The van der Waals surface area contributed by atoms with E-state index in [2.05, 4.69) is 20.9 Å². The molecule has 0 radical (unpaired) electrons. The highest BCUT2D eigenvalue weighted by atomic mass is 79.9. The first kappa shape index (κ1) is 25.6. The molecule has 0 bridgehead atoms. The van der Waals surface area contributed by atoms with Gasteiger partial charge in [-0.15, -0.1) is 0 Å². The monoisotopic (exact) mass is 596 g/mol. The number of Topliss-reactive ketones (excluding diaryl/α,β-unsaturated/α-hetero) is 1. The van der Waals surface area contributed by atoms with Crippen LogP contribution in [-0.4, -0.2) is 48.2 Å². The van der Waals surface area contributed by atoms with Crippen molar-refractivity contribution in [3.8, 4) is 23.0 Å². The first-order valence-corrected chi connectivity index (χ1v) is 12.8. The summed E-state index contributed by atoms with van der Waals surface area (Å²) in [7, 11) is 4.43. The molecule has 4 aromatic rings. The number of halogens is 1. The SMILES string of the molecule is COc1cccc(C(O)=C2C(=O)C(=O)N(c3nc4ccc(OC)cc4s3)C2c2cc(Br)c(O)c(OC)c2)c1. The Morgan fingerprint density at radius 1 is 1.00 bits per heavy atom. The van der Waals surface area contributed by atoms with E-state index in [-0.39, 0.29) is 32.4 Å². The Balaban J connectivity index is 1.76. The Labute approximate surface area is 229 Å². The maximum absolute atomic E-state index is 13.5. The largest absolute Gasteiger partial charge is 0.507 e. The maximum atomic E-state index is 13.5. The lowest BCUT2D eigenvalue weighted by molar-refractivity contribution is -0.132.